The normalized spacial score (nSPS) is 19.7. The Morgan fingerprint density at radius 1 is 1.06 bits per heavy atom. The molecule has 36 heavy (non-hydrogen) atoms. The molecular weight excluding hydrogens is 524 g/mol. The van der Waals surface area contributed by atoms with Crippen LogP contribution in [0.4, 0.5) is 20.3 Å². The minimum absolute atomic E-state index is 0.0147. The standard InChI is InChI=1S/C26H18ClF2N3O2S2/c27-17-4-1-2-5-21(17)36-24-20(33)13-26(32-25(24)34,15-10-11-35-14-15)22-6-3-7-23(31-22)30-16-8-9-18(28)19(29)12-16/h1-12,14,24H,13H2,(H,30,31)(H,32,34). The number of thiophene rings is 1. The van der Waals surface area contributed by atoms with Crippen LogP contribution in [0.3, 0.4) is 0 Å². The fourth-order valence-electron chi connectivity index (χ4n) is 4.05. The minimum Gasteiger partial charge on any atom is -0.340 e. The maximum Gasteiger partial charge on any atom is 0.242 e. The van der Waals surface area contributed by atoms with Crippen molar-refractivity contribution >= 4 is 57.9 Å². The van der Waals surface area contributed by atoms with Crippen molar-refractivity contribution in [3.8, 4) is 0 Å². The molecule has 1 aliphatic rings. The lowest BCUT2D eigenvalue weighted by Gasteiger charge is -2.39. The molecular formula is C26H18ClF2N3O2S2. The first kappa shape index (κ1) is 24.4. The second kappa shape index (κ2) is 10.0. The molecule has 0 radical (unpaired) electrons. The van der Waals surface area contributed by atoms with Gasteiger partial charge in [0.15, 0.2) is 17.4 Å². The van der Waals surface area contributed by atoms with E-state index in [1.165, 1.54) is 17.4 Å². The minimum atomic E-state index is -1.18. The van der Waals surface area contributed by atoms with E-state index in [2.05, 4.69) is 15.6 Å². The Kier molecular flexibility index (Phi) is 6.79. The number of rotatable bonds is 6. The first-order valence-electron chi connectivity index (χ1n) is 10.8. The number of halogens is 3. The van der Waals surface area contributed by atoms with Gasteiger partial charge in [0.25, 0.3) is 0 Å². The third-order valence-electron chi connectivity index (χ3n) is 5.78. The number of thioether (sulfide) groups is 1. The predicted octanol–water partition coefficient (Wildman–Crippen LogP) is 6.31. The van der Waals surface area contributed by atoms with E-state index >= 15 is 0 Å². The topological polar surface area (TPSA) is 71.1 Å². The molecule has 1 fully saturated rings. The van der Waals surface area contributed by atoms with Gasteiger partial charge in [0.1, 0.15) is 16.6 Å². The van der Waals surface area contributed by atoms with Gasteiger partial charge in [0, 0.05) is 23.1 Å². The van der Waals surface area contributed by atoms with Crippen LogP contribution in [0.15, 0.2) is 82.4 Å². The van der Waals surface area contributed by atoms with Gasteiger partial charge in [-0.05, 0) is 58.8 Å². The highest BCUT2D eigenvalue weighted by atomic mass is 35.5. The highest BCUT2D eigenvalue weighted by Crippen LogP contribution is 2.41. The van der Waals surface area contributed by atoms with Gasteiger partial charge in [-0.25, -0.2) is 13.8 Å². The smallest absolute Gasteiger partial charge is 0.242 e. The molecule has 2 aromatic carbocycles. The summed E-state index contributed by atoms with van der Waals surface area (Å²) in [5, 5.41) is 9.25. The van der Waals surface area contributed by atoms with Crippen molar-refractivity contribution in [2.45, 2.75) is 22.1 Å². The summed E-state index contributed by atoms with van der Waals surface area (Å²) in [6.45, 7) is 0. The van der Waals surface area contributed by atoms with Crippen molar-refractivity contribution in [1.29, 1.82) is 0 Å². The zero-order chi connectivity index (χ0) is 25.3. The first-order valence-corrected chi connectivity index (χ1v) is 13.0. The van der Waals surface area contributed by atoms with Gasteiger partial charge < -0.3 is 10.6 Å². The molecule has 3 heterocycles. The molecule has 2 unspecified atom stereocenters. The molecule has 10 heteroatoms. The van der Waals surface area contributed by atoms with E-state index < -0.39 is 28.3 Å². The number of Topliss-reactive ketones (excluding diaryl/α,β-unsaturated/α-hetero) is 1. The molecule has 1 aliphatic heterocycles. The number of aromatic nitrogens is 1. The first-order chi connectivity index (χ1) is 17.4. The lowest BCUT2D eigenvalue weighted by molar-refractivity contribution is -0.133. The van der Waals surface area contributed by atoms with Crippen LogP contribution in [0.25, 0.3) is 0 Å². The van der Waals surface area contributed by atoms with Crippen LogP contribution in [0, 0.1) is 11.6 Å². The van der Waals surface area contributed by atoms with Gasteiger partial charge in [0.2, 0.25) is 5.91 Å². The second-order valence-electron chi connectivity index (χ2n) is 8.14. The Bertz CT molecular complexity index is 1430. The van der Waals surface area contributed by atoms with Gasteiger partial charge in [-0.15, -0.1) is 11.8 Å². The van der Waals surface area contributed by atoms with Crippen LogP contribution in [0.2, 0.25) is 5.02 Å². The molecule has 1 amide bonds. The second-order valence-corrected chi connectivity index (χ2v) is 10.5. The predicted molar refractivity (Wildman–Crippen MR) is 138 cm³/mol. The Balaban J connectivity index is 1.48. The highest BCUT2D eigenvalue weighted by molar-refractivity contribution is 8.01. The van der Waals surface area contributed by atoms with Crippen molar-refractivity contribution in [2.24, 2.45) is 0 Å². The highest BCUT2D eigenvalue weighted by Gasteiger charge is 2.48. The Hall–Kier alpha value is -3.27. The number of hydrogen-bond acceptors (Lipinski definition) is 6. The van der Waals surface area contributed by atoms with Gasteiger partial charge in [-0.3, -0.25) is 9.59 Å². The van der Waals surface area contributed by atoms with Crippen LogP contribution in [0.5, 0.6) is 0 Å². The average molecular weight is 542 g/mol. The summed E-state index contributed by atoms with van der Waals surface area (Å²) >= 11 is 8.81. The number of carbonyl (C=O) groups is 2. The number of nitrogens with zero attached hydrogens (tertiary/aromatic N) is 1. The number of nitrogens with one attached hydrogen (secondary N) is 2. The van der Waals surface area contributed by atoms with E-state index in [0.29, 0.717) is 27.1 Å². The molecule has 2 aromatic heterocycles. The third-order valence-corrected chi connectivity index (χ3v) is 8.23. The molecule has 0 bridgehead atoms. The SMILES string of the molecule is O=C1CC(c2ccsc2)(c2cccc(Nc3ccc(F)c(F)c3)n2)NC(=O)C1Sc1ccccc1Cl. The van der Waals surface area contributed by atoms with Gasteiger partial charge in [-0.2, -0.15) is 11.3 Å². The van der Waals surface area contributed by atoms with E-state index in [4.69, 9.17) is 11.6 Å². The van der Waals surface area contributed by atoms with Crippen LogP contribution in [-0.4, -0.2) is 21.9 Å². The molecule has 2 N–H and O–H groups in total. The Labute approximate surface area is 218 Å². The number of amides is 1. The summed E-state index contributed by atoms with van der Waals surface area (Å²) in [4.78, 5) is 32.0. The summed E-state index contributed by atoms with van der Waals surface area (Å²) in [6, 6.07) is 17.4. The fourth-order valence-corrected chi connectivity index (χ4v) is 6.03. The van der Waals surface area contributed by atoms with E-state index in [-0.39, 0.29) is 12.2 Å². The van der Waals surface area contributed by atoms with E-state index in [9.17, 15) is 18.4 Å². The zero-order valence-corrected chi connectivity index (χ0v) is 20.9. The number of hydrogen-bond donors (Lipinski definition) is 2. The van der Waals surface area contributed by atoms with E-state index in [0.717, 1.165) is 29.5 Å². The van der Waals surface area contributed by atoms with E-state index in [1.807, 2.05) is 16.8 Å². The number of ketones is 1. The average Bonchev–Trinajstić information content (AvgIpc) is 3.41. The molecule has 4 aromatic rings. The van der Waals surface area contributed by atoms with Crippen molar-refractivity contribution < 1.29 is 18.4 Å². The van der Waals surface area contributed by atoms with Crippen LogP contribution >= 0.6 is 34.7 Å². The summed E-state index contributed by atoms with van der Waals surface area (Å²) < 4.78 is 27.0. The van der Waals surface area contributed by atoms with Crippen molar-refractivity contribution in [3.05, 3.63) is 105 Å². The van der Waals surface area contributed by atoms with Gasteiger partial charge in [0.05, 0.1) is 10.7 Å². The monoisotopic (exact) mass is 541 g/mol. The molecule has 5 rings (SSSR count). The molecule has 182 valence electrons. The number of carbonyl (C=O) groups excluding carboxylic acids is 2. The molecule has 0 aliphatic carbocycles. The van der Waals surface area contributed by atoms with Gasteiger partial charge in [-0.1, -0.05) is 29.8 Å². The van der Waals surface area contributed by atoms with Gasteiger partial charge >= 0.3 is 0 Å². The molecule has 1 saturated heterocycles. The summed E-state index contributed by atoms with van der Waals surface area (Å²) in [5.41, 5.74) is 0.296. The van der Waals surface area contributed by atoms with Crippen LogP contribution < -0.4 is 10.6 Å². The Morgan fingerprint density at radius 2 is 1.89 bits per heavy atom. The Morgan fingerprint density at radius 3 is 2.61 bits per heavy atom. The molecule has 2 atom stereocenters. The molecule has 5 nitrogen and oxygen atoms in total. The number of benzene rings is 2. The summed E-state index contributed by atoms with van der Waals surface area (Å²) in [7, 11) is 0. The maximum absolute atomic E-state index is 13.7. The summed E-state index contributed by atoms with van der Waals surface area (Å²) in [6.07, 6.45) is -0.0147. The number of anilines is 2. The largest absolute Gasteiger partial charge is 0.340 e. The third kappa shape index (κ3) is 4.74. The summed E-state index contributed by atoms with van der Waals surface area (Å²) in [5.74, 6) is -2.29. The van der Waals surface area contributed by atoms with Crippen molar-refractivity contribution in [2.75, 3.05) is 5.32 Å². The zero-order valence-electron chi connectivity index (χ0n) is 18.5. The molecule has 0 saturated carbocycles. The number of pyridine rings is 1. The number of piperidine rings is 1. The van der Waals surface area contributed by atoms with Crippen LogP contribution in [0.1, 0.15) is 17.7 Å². The maximum atomic E-state index is 13.7. The van der Waals surface area contributed by atoms with Crippen molar-refractivity contribution in [3.63, 3.8) is 0 Å². The fraction of sp³-hybridized carbons (Fsp3) is 0.115. The lowest BCUT2D eigenvalue weighted by atomic mass is 9.79. The molecule has 0 spiro atoms. The lowest BCUT2D eigenvalue weighted by Crippen LogP contribution is -2.58. The quantitative estimate of drug-likeness (QED) is 0.280. The van der Waals surface area contributed by atoms with Crippen LogP contribution in [-0.2, 0) is 15.1 Å². The van der Waals surface area contributed by atoms with E-state index in [1.54, 1.807) is 42.5 Å². The van der Waals surface area contributed by atoms with Crippen molar-refractivity contribution in [1.82, 2.24) is 10.3 Å².